The number of hydrogen-bond donors (Lipinski definition) is 0. The average Bonchev–Trinajstić information content (AvgIpc) is 3.58. The summed E-state index contributed by atoms with van der Waals surface area (Å²) < 4.78 is 16.8. The molecule has 36 heavy (non-hydrogen) atoms. The van der Waals surface area contributed by atoms with Gasteiger partial charge >= 0.3 is 0 Å². The van der Waals surface area contributed by atoms with E-state index in [1.807, 2.05) is 30.3 Å². The normalized spacial score (nSPS) is 13.5. The summed E-state index contributed by atoms with van der Waals surface area (Å²) in [5.41, 5.74) is 1.90. The third kappa shape index (κ3) is 5.14. The van der Waals surface area contributed by atoms with Crippen LogP contribution >= 0.6 is 0 Å². The number of benzene rings is 2. The summed E-state index contributed by atoms with van der Waals surface area (Å²) in [6.07, 6.45) is 5.82. The molecule has 2 aromatic heterocycles. The second kappa shape index (κ2) is 10.5. The van der Waals surface area contributed by atoms with Crippen molar-refractivity contribution in [1.82, 2.24) is 15.1 Å². The number of para-hydroxylation sites is 1. The summed E-state index contributed by atoms with van der Waals surface area (Å²) in [6.45, 7) is 1.87. The van der Waals surface area contributed by atoms with E-state index >= 15 is 0 Å². The van der Waals surface area contributed by atoms with E-state index in [0.29, 0.717) is 49.2 Å². The number of carbonyl (C=O) groups is 2. The van der Waals surface area contributed by atoms with Gasteiger partial charge in [0.2, 0.25) is 17.7 Å². The van der Waals surface area contributed by atoms with E-state index in [4.69, 9.17) is 20.0 Å². The first kappa shape index (κ1) is 23.3. The monoisotopic (exact) mass is 484 g/mol. The molecule has 0 bridgehead atoms. The minimum Gasteiger partial charge on any atom is -0.451 e. The molecule has 1 saturated heterocycles. The minimum atomic E-state index is -0.255. The largest absolute Gasteiger partial charge is 0.451 e. The number of rotatable bonds is 7. The van der Waals surface area contributed by atoms with Crippen molar-refractivity contribution in [3.05, 3.63) is 66.1 Å². The molecule has 5 rings (SSSR count). The SMILES string of the molecule is C#Cc1cccc(N(CC(=O)N2CCOCC2)C(=O)CCc2nnc(-c3cc4ccccc4o3)o2)c1. The molecule has 0 aliphatic carbocycles. The van der Waals surface area contributed by atoms with E-state index in [2.05, 4.69) is 16.1 Å². The van der Waals surface area contributed by atoms with Gasteiger partial charge in [0, 0.05) is 42.6 Å². The van der Waals surface area contributed by atoms with Gasteiger partial charge in [0.15, 0.2) is 5.76 Å². The molecule has 3 heterocycles. The van der Waals surface area contributed by atoms with Crippen molar-refractivity contribution in [1.29, 1.82) is 0 Å². The number of furan rings is 1. The van der Waals surface area contributed by atoms with Crippen molar-refractivity contribution < 1.29 is 23.2 Å². The molecular formula is C27H24N4O5. The number of aryl methyl sites for hydroxylation is 1. The van der Waals surface area contributed by atoms with Crippen molar-refractivity contribution in [3.63, 3.8) is 0 Å². The number of aromatic nitrogens is 2. The van der Waals surface area contributed by atoms with Crippen LogP contribution in [-0.4, -0.2) is 59.8 Å². The lowest BCUT2D eigenvalue weighted by Crippen LogP contribution is -2.47. The number of hydrogen-bond acceptors (Lipinski definition) is 7. The van der Waals surface area contributed by atoms with Crippen molar-refractivity contribution >= 4 is 28.5 Å². The van der Waals surface area contributed by atoms with Gasteiger partial charge in [-0.3, -0.25) is 9.59 Å². The molecule has 182 valence electrons. The first-order valence-corrected chi connectivity index (χ1v) is 11.6. The predicted octanol–water partition coefficient (Wildman–Crippen LogP) is 3.29. The Kier molecular flexibility index (Phi) is 6.78. The second-order valence-electron chi connectivity index (χ2n) is 8.32. The molecule has 0 saturated carbocycles. The number of carbonyl (C=O) groups excluding carboxylic acids is 2. The summed E-state index contributed by atoms with van der Waals surface area (Å²) in [5.74, 6) is 3.18. The molecule has 1 fully saturated rings. The Labute approximate surface area is 207 Å². The number of fused-ring (bicyclic) bond motifs is 1. The number of nitrogens with zero attached hydrogens (tertiary/aromatic N) is 4. The molecule has 1 aliphatic rings. The molecule has 0 radical (unpaired) electrons. The highest BCUT2D eigenvalue weighted by molar-refractivity contribution is 5.99. The summed E-state index contributed by atoms with van der Waals surface area (Å²) in [4.78, 5) is 29.4. The molecule has 4 aromatic rings. The van der Waals surface area contributed by atoms with E-state index in [9.17, 15) is 9.59 Å². The van der Waals surface area contributed by atoms with Gasteiger partial charge in [-0.15, -0.1) is 16.6 Å². The third-order valence-corrected chi connectivity index (χ3v) is 5.94. The van der Waals surface area contributed by atoms with Crippen molar-refractivity contribution in [2.45, 2.75) is 12.8 Å². The highest BCUT2D eigenvalue weighted by Gasteiger charge is 2.25. The van der Waals surface area contributed by atoms with Crippen molar-refractivity contribution in [2.24, 2.45) is 0 Å². The van der Waals surface area contributed by atoms with Gasteiger partial charge in [-0.1, -0.05) is 30.2 Å². The molecule has 0 N–H and O–H groups in total. The van der Waals surface area contributed by atoms with Crippen LogP contribution in [0.25, 0.3) is 22.6 Å². The van der Waals surface area contributed by atoms with Gasteiger partial charge < -0.3 is 23.4 Å². The van der Waals surface area contributed by atoms with Crippen LogP contribution < -0.4 is 4.90 Å². The van der Waals surface area contributed by atoms with Crippen LogP contribution in [0.1, 0.15) is 17.9 Å². The first-order chi connectivity index (χ1) is 17.6. The fraction of sp³-hybridized carbons (Fsp3) is 0.259. The topological polar surface area (TPSA) is 102 Å². The zero-order valence-corrected chi connectivity index (χ0v) is 19.6. The Morgan fingerprint density at radius 1 is 1.03 bits per heavy atom. The maximum absolute atomic E-state index is 13.3. The van der Waals surface area contributed by atoms with Crippen LogP contribution in [-0.2, 0) is 20.7 Å². The predicted molar refractivity (Wildman–Crippen MR) is 132 cm³/mol. The number of ether oxygens (including phenoxy) is 1. The fourth-order valence-electron chi connectivity index (χ4n) is 4.03. The second-order valence-corrected chi connectivity index (χ2v) is 8.32. The molecule has 9 nitrogen and oxygen atoms in total. The Balaban J connectivity index is 1.30. The summed E-state index contributed by atoms with van der Waals surface area (Å²) in [5, 5.41) is 9.06. The van der Waals surface area contributed by atoms with Crippen LogP contribution in [0.3, 0.4) is 0 Å². The average molecular weight is 485 g/mol. The Hall–Kier alpha value is -4.42. The number of morpholine rings is 1. The van der Waals surface area contributed by atoms with E-state index in [1.54, 1.807) is 29.2 Å². The van der Waals surface area contributed by atoms with Crippen LogP contribution in [0.15, 0.2) is 63.4 Å². The lowest BCUT2D eigenvalue weighted by Gasteiger charge is -2.30. The van der Waals surface area contributed by atoms with Crippen molar-refractivity contribution in [2.75, 3.05) is 37.7 Å². The first-order valence-electron chi connectivity index (χ1n) is 11.6. The quantitative estimate of drug-likeness (QED) is 0.371. The highest BCUT2D eigenvalue weighted by atomic mass is 16.5. The lowest BCUT2D eigenvalue weighted by molar-refractivity contribution is -0.135. The zero-order chi connectivity index (χ0) is 24.9. The molecular weight excluding hydrogens is 460 g/mol. The Morgan fingerprint density at radius 3 is 2.67 bits per heavy atom. The maximum Gasteiger partial charge on any atom is 0.283 e. The minimum absolute atomic E-state index is 0.0679. The summed E-state index contributed by atoms with van der Waals surface area (Å²) in [7, 11) is 0. The maximum atomic E-state index is 13.3. The van der Waals surface area contributed by atoms with Crippen LogP contribution in [0, 0.1) is 12.3 Å². The molecule has 9 heteroatoms. The molecule has 2 amide bonds. The number of amides is 2. The van der Waals surface area contributed by atoms with Gasteiger partial charge in [0.1, 0.15) is 12.1 Å². The standard InChI is InChI=1S/C27H24N4O5/c1-2-19-6-5-8-21(16-19)31(18-26(33)30-12-14-34-15-13-30)25(32)11-10-24-28-29-27(36-24)23-17-20-7-3-4-9-22(20)35-23/h1,3-9,16-17H,10-15,18H2. The van der Waals surface area contributed by atoms with Crippen LogP contribution in [0.2, 0.25) is 0 Å². The number of terminal acetylenes is 1. The van der Waals surface area contributed by atoms with Gasteiger partial charge in [0.25, 0.3) is 5.89 Å². The summed E-state index contributed by atoms with van der Waals surface area (Å²) >= 11 is 0. The van der Waals surface area contributed by atoms with Crippen molar-refractivity contribution in [3.8, 4) is 24.0 Å². The van der Waals surface area contributed by atoms with E-state index in [1.165, 1.54) is 4.90 Å². The molecule has 1 aliphatic heterocycles. The lowest BCUT2D eigenvalue weighted by atomic mass is 10.1. The van der Waals surface area contributed by atoms with Crippen LogP contribution in [0.5, 0.6) is 0 Å². The van der Waals surface area contributed by atoms with E-state index in [0.717, 1.165) is 11.0 Å². The Morgan fingerprint density at radius 2 is 1.86 bits per heavy atom. The van der Waals surface area contributed by atoms with Gasteiger partial charge in [-0.2, -0.15) is 0 Å². The van der Waals surface area contributed by atoms with Gasteiger partial charge in [0.05, 0.1) is 13.2 Å². The number of anilines is 1. The summed E-state index contributed by atoms with van der Waals surface area (Å²) in [6, 6.07) is 16.4. The smallest absolute Gasteiger partial charge is 0.283 e. The van der Waals surface area contributed by atoms with Gasteiger partial charge in [-0.05, 0) is 30.3 Å². The molecule has 2 aromatic carbocycles. The highest BCUT2D eigenvalue weighted by Crippen LogP contribution is 2.27. The molecule has 0 atom stereocenters. The van der Waals surface area contributed by atoms with Crippen LogP contribution in [0.4, 0.5) is 5.69 Å². The fourth-order valence-corrected chi connectivity index (χ4v) is 4.03. The zero-order valence-electron chi connectivity index (χ0n) is 19.6. The molecule has 0 unspecified atom stereocenters. The van der Waals surface area contributed by atoms with E-state index < -0.39 is 0 Å². The van der Waals surface area contributed by atoms with Gasteiger partial charge in [-0.25, -0.2) is 0 Å². The molecule has 0 spiro atoms. The Bertz CT molecular complexity index is 1390. The third-order valence-electron chi connectivity index (χ3n) is 5.94. The van der Waals surface area contributed by atoms with E-state index in [-0.39, 0.29) is 37.1 Å².